The highest BCUT2D eigenvalue weighted by atomic mass is 32.2. The number of hydrogen-bond donors (Lipinski definition) is 1. The maximum absolute atomic E-state index is 12.0. The molecule has 96 valence electrons. The topological polar surface area (TPSA) is 46.2 Å². The second kappa shape index (κ2) is 6.64. The van der Waals surface area contributed by atoms with Crippen LogP contribution in [0.25, 0.3) is 0 Å². The molecule has 0 aromatic heterocycles. The van der Waals surface area contributed by atoms with Crippen molar-refractivity contribution >= 4 is 15.5 Å². The molecule has 0 amide bonds. The van der Waals surface area contributed by atoms with Gasteiger partial charge in [0.25, 0.3) is 0 Å². The smallest absolute Gasteiger partial charge is 0.180 e. The Hall–Kier alpha value is -1.03. The number of anilines is 1. The molecule has 0 bridgehead atoms. The molecule has 17 heavy (non-hydrogen) atoms. The molecule has 0 radical (unpaired) electrons. The van der Waals surface area contributed by atoms with Crippen molar-refractivity contribution in [3.8, 4) is 0 Å². The van der Waals surface area contributed by atoms with Crippen LogP contribution in [-0.4, -0.2) is 20.7 Å². The van der Waals surface area contributed by atoms with Crippen molar-refractivity contribution in [2.45, 2.75) is 38.0 Å². The fraction of sp³-hybridized carbons (Fsp3) is 0.538. The first-order valence-corrected chi connectivity index (χ1v) is 7.82. The summed E-state index contributed by atoms with van der Waals surface area (Å²) in [5.74, 6) is 0.208. The van der Waals surface area contributed by atoms with E-state index in [1.165, 1.54) is 0 Å². The van der Waals surface area contributed by atoms with Crippen LogP contribution < -0.4 is 5.32 Å². The number of hydrogen-bond acceptors (Lipinski definition) is 3. The number of rotatable bonds is 7. The Balaban J connectivity index is 2.91. The first kappa shape index (κ1) is 14.0. The van der Waals surface area contributed by atoms with E-state index < -0.39 is 9.84 Å². The van der Waals surface area contributed by atoms with Crippen molar-refractivity contribution < 1.29 is 8.42 Å². The molecule has 0 spiro atoms. The third-order valence-electron chi connectivity index (χ3n) is 2.54. The Kier molecular flexibility index (Phi) is 5.48. The summed E-state index contributed by atoms with van der Waals surface area (Å²) in [5, 5.41) is 3.20. The fourth-order valence-corrected chi connectivity index (χ4v) is 3.18. The summed E-state index contributed by atoms with van der Waals surface area (Å²) in [6.07, 6.45) is 2.78. The maximum atomic E-state index is 12.0. The summed E-state index contributed by atoms with van der Waals surface area (Å²) in [5.41, 5.74) is 0.731. The van der Waals surface area contributed by atoms with Crippen molar-refractivity contribution in [3.63, 3.8) is 0 Å². The Morgan fingerprint density at radius 2 is 1.82 bits per heavy atom. The number of para-hydroxylation sites is 1. The highest BCUT2D eigenvalue weighted by Gasteiger charge is 2.16. The van der Waals surface area contributed by atoms with Gasteiger partial charge in [-0.2, -0.15) is 0 Å². The predicted octanol–water partition coefficient (Wildman–Crippen LogP) is 3.08. The van der Waals surface area contributed by atoms with Gasteiger partial charge in [-0.15, -0.1) is 0 Å². The van der Waals surface area contributed by atoms with E-state index in [0.717, 1.165) is 25.1 Å². The zero-order chi connectivity index (χ0) is 12.7. The Labute approximate surface area is 104 Å². The lowest BCUT2D eigenvalue weighted by molar-refractivity contribution is 0.595. The number of benzene rings is 1. The summed E-state index contributed by atoms with van der Waals surface area (Å²) in [4.78, 5) is 0.429. The van der Waals surface area contributed by atoms with E-state index in [2.05, 4.69) is 12.2 Å². The number of nitrogens with one attached hydrogen (secondary N) is 1. The van der Waals surface area contributed by atoms with Gasteiger partial charge in [0.05, 0.1) is 16.3 Å². The third kappa shape index (κ3) is 4.04. The first-order valence-electron chi connectivity index (χ1n) is 6.17. The molecule has 0 unspecified atom stereocenters. The van der Waals surface area contributed by atoms with Gasteiger partial charge in [0.1, 0.15) is 0 Å². The van der Waals surface area contributed by atoms with Crippen LogP contribution in [0.1, 0.15) is 33.1 Å². The van der Waals surface area contributed by atoms with Crippen LogP contribution >= 0.6 is 0 Å². The van der Waals surface area contributed by atoms with Gasteiger partial charge in [0.15, 0.2) is 9.84 Å². The lowest BCUT2D eigenvalue weighted by Crippen LogP contribution is -2.10. The summed E-state index contributed by atoms with van der Waals surface area (Å²) >= 11 is 0. The SMILES string of the molecule is CCCCNc1ccccc1S(=O)(=O)CCC. The van der Waals surface area contributed by atoms with E-state index >= 15 is 0 Å². The number of sulfone groups is 1. The highest BCUT2D eigenvalue weighted by molar-refractivity contribution is 7.91. The first-order chi connectivity index (χ1) is 8.11. The monoisotopic (exact) mass is 255 g/mol. The molecular weight excluding hydrogens is 234 g/mol. The van der Waals surface area contributed by atoms with E-state index in [0.29, 0.717) is 11.3 Å². The average molecular weight is 255 g/mol. The van der Waals surface area contributed by atoms with Crippen LogP contribution in [0.2, 0.25) is 0 Å². The standard InChI is InChI=1S/C13H21NO2S/c1-3-5-10-14-12-8-6-7-9-13(12)17(15,16)11-4-2/h6-9,14H,3-5,10-11H2,1-2H3. The molecule has 0 saturated heterocycles. The van der Waals surface area contributed by atoms with Crippen molar-refractivity contribution in [2.24, 2.45) is 0 Å². The van der Waals surface area contributed by atoms with Crippen molar-refractivity contribution in [1.29, 1.82) is 0 Å². The Morgan fingerprint density at radius 3 is 2.47 bits per heavy atom. The molecule has 0 atom stereocenters. The van der Waals surface area contributed by atoms with E-state index in [9.17, 15) is 8.42 Å². The largest absolute Gasteiger partial charge is 0.384 e. The van der Waals surface area contributed by atoms with E-state index in [4.69, 9.17) is 0 Å². The molecule has 0 aliphatic rings. The Morgan fingerprint density at radius 1 is 1.12 bits per heavy atom. The molecule has 1 N–H and O–H groups in total. The van der Waals surface area contributed by atoms with Crippen molar-refractivity contribution in [2.75, 3.05) is 17.6 Å². The molecule has 0 aliphatic heterocycles. The summed E-state index contributed by atoms with van der Waals surface area (Å²) < 4.78 is 24.1. The Bertz CT molecular complexity index is 440. The predicted molar refractivity (Wildman–Crippen MR) is 72.2 cm³/mol. The molecule has 0 aliphatic carbocycles. The van der Waals surface area contributed by atoms with Gasteiger partial charge < -0.3 is 5.32 Å². The third-order valence-corrected chi connectivity index (χ3v) is 4.51. The van der Waals surface area contributed by atoms with Gasteiger partial charge in [-0.05, 0) is 25.0 Å². The summed E-state index contributed by atoms with van der Waals surface area (Å²) in [7, 11) is -3.14. The van der Waals surface area contributed by atoms with Gasteiger partial charge in [0.2, 0.25) is 0 Å². The normalized spacial score (nSPS) is 11.4. The molecular formula is C13H21NO2S. The van der Waals surface area contributed by atoms with Crippen LogP contribution in [-0.2, 0) is 9.84 Å². The average Bonchev–Trinajstić information content (AvgIpc) is 2.30. The maximum Gasteiger partial charge on any atom is 0.180 e. The van der Waals surface area contributed by atoms with E-state index in [1.807, 2.05) is 19.1 Å². The lowest BCUT2D eigenvalue weighted by atomic mass is 10.3. The van der Waals surface area contributed by atoms with Gasteiger partial charge in [-0.1, -0.05) is 32.4 Å². The lowest BCUT2D eigenvalue weighted by Gasteiger charge is -2.11. The van der Waals surface area contributed by atoms with Gasteiger partial charge >= 0.3 is 0 Å². The van der Waals surface area contributed by atoms with Crippen LogP contribution in [0.4, 0.5) is 5.69 Å². The van der Waals surface area contributed by atoms with Gasteiger partial charge in [0, 0.05) is 6.54 Å². The molecule has 0 fully saturated rings. The molecule has 4 heteroatoms. The van der Waals surface area contributed by atoms with E-state index in [-0.39, 0.29) is 5.75 Å². The molecule has 1 rings (SSSR count). The second-order valence-corrected chi connectivity index (χ2v) is 6.17. The van der Waals surface area contributed by atoms with Crippen LogP contribution in [0, 0.1) is 0 Å². The zero-order valence-electron chi connectivity index (χ0n) is 10.6. The van der Waals surface area contributed by atoms with Gasteiger partial charge in [-0.3, -0.25) is 0 Å². The fourth-order valence-electron chi connectivity index (χ4n) is 1.66. The molecule has 0 heterocycles. The molecule has 1 aromatic rings. The minimum atomic E-state index is -3.14. The summed E-state index contributed by atoms with van der Waals surface area (Å²) in [6, 6.07) is 7.14. The van der Waals surface area contributed by atoms with E-state index in [1.54, 1.807) is 12.1 Å². The molecule has 1 aromatic carbocycles. The van der Waals surface area contributed by atoms with Crippen molar-refractivity contribution in [1.82, 2.24) is 0 Å². The quantitative estimate of drug-likeness (QED) is 0.762. The minimum Gasteiger partial charge on any atom is -0.384 e. The highest BCUT2D eigenvalue weighted by Crippen LogP contribution is 2.22. The zero-order valence-corrected chi connectivity index (χ0v) is 11.4. The molecule has 0 saturated carbocycles. The van der Waals surface area contributed by atoms with Crippen LogP contribution in [0.3, 0.4) is 0 Å². The second-order valence-electron chi connectivity index (χ2n) is 4.10. The number of unbranched alkanes of at least 4 members (excludes halogenated alkanes) is 1. The molecule has 3 nitrogen and oxygen atoms in total. The van der Waals surface area contributed by atoms with Gasteiger partial charge in [-0.25, -0.2) is 8.42 Å². The minimum absolute atomic E-state index is 0.208. The van der Waals surface area contributed by atoms with Crippen LogP contribution in [0.15, 0.2) is 29.2 Å². The summed E-state index contributed by atoms with van der Waals surface area (Å²) in [6.45, 7) is 4.81. The van der Waals surface area contributed by atoms with Crippen LogP contribution in [0.5, 0.6) is 0 Å². The van der Waals surface area contributed by atoms with Crippen molar-refractivity contribution in [3.05, 3.63) is 24.3 Å².